The van der Waals surface area contributed by atoms with E-state index in [-0.39, 0.29) is 24.6 Å². The summed E-state index contributed by atoms with van der Waals surface area (Å²) in [5, 5.41) is 5.32. The molecule has 2 aliphatic heterocycles. The van der Waals surface area contributed by atoms with Crippen LogP contribution in [0.5, 0.6) is 5.75 Å². The molecule has 7 heteroatoms. The number of halogens is 2. The molecule has 4 rings (SSSR count). The Bertz CT molecular complexity index is 752. The van der Waals surface area contributed by atoms with Crippen molar-refractivity contribution in [1.29, 1.82) is 0 Å². The molecule has 2 saturated heterocycles. The first-order chi connectivity index (χ1) is 12.1. The highest BCUT2D eigenvalue weighted by atomic mass is 35.5. The first kappa shape index (κ1) is 16.7. The SMILES string of the molecule is O=C(COc1ccc(Cl)cc1Cl)N1C2CCC1CC(n1cccn1)C2. The second kappa shape index (κ2) is 6.89. The zero-order valence-electron chi connectivity index (χ0n) is 13.6. The van der Waals surface area contributed by atoms with Gasteiger partial charge in [-0.1, -0.05) is 23.2 Å². The molecule has 0 spiro atoms. The van der Waals surface area contributed by atoms with Gasteiger partial charge in [-0.05, 0) is 49.9 Å². The summed E-state index contributed by atoms with van der Waals surface area (Å²) in [6.07, 6.45) is 7.82. The number of carbonyl (C=O) groups is 1. The van der Waals surface area contributed by atoms with E-state index in [1.807, 2.05) is 28.0 Å². The molecule has 1 amide bonds. The lowest BCUT2D eigenvalue weighted by molar-refractivity contribution is -0.138. The lowest BCUT2D eigenvalue weighted by Crippen LogP contribution is -2.48. The van der Waals surface area contributed by atoms with Crippen molar-refractivity contribution >= 4 is 29.1 Å². The maximum absolute atomic E-state index is 12.7. The fraction of sp³-hybridized carbons (Fsp3) is 0.444. The molecule has 2 atom stereocenters. The average Bonchev–Trinajstić information content (AvgIpc) is 3.20. The number of carbonyl (C=O) groups excluding carboxylic acids is 1. The first-order valence-electron chi connectivity index (χ1n) is 8.50. The quantitative estimate of drug-likeness (QED) is 0.807. The number of rotatable bonds is 4. The van der Waals surface area contributed by atoms with Gasteiger partial charge in [-0.15, -0.1) is 0 Å². The highest BCUT2D eigenvalue weighted by Gasteiger charge is 2.43. The van der Waals surface area contributed by atoms with E-state index in [0.29, 0.717) is 21.8 Å². The molecule has 0 aliphatic carbocycles. The Hall–Kier alpha value is -1.72. The van der Waals surface area contributed by atoms with Crippen LogP contribution in [0, 0.1) is 0 Å². The second-order valence-electron chi connectivity index (χ2n) is 6.66. The molecule has 2 aromatic rings. The van der Waals surface area contributed by atoms with Crippen molar-refractivity contribution in [1.82, 2.24) is 14.7 Å². The van der Waals surface area contributed by atoms with Gasteiger partial charge in [0.25, 0.3) is 5.91 Å². The second-order valence-corrected chi connectivity index (χ2v) is 7.50. The maximum atomic E-state index is 12.7. The van der Waals surface area contributed by atoms with Crippen LogP contribution in [-0.2, 0) is 4.79 Å². The number of hydrogen-bond donors (Lipinski definition) is 0. The molecular weight excluding hydrogens is 361 g/mol. The van der Waals surface area contributed by atoms with Crippen molar-refractivity contribution in [2.75, 3.05) is 6.61 Å². The Kier molecular flexibility index (Phi) is 4.61. The Morgan fingerprint density at radius 3 is 2.60 bits per heavy atom. The number of ether oxygens (including phenoxy) is 1. The predicted octanol–water partition coefficient (Wildman–Crippen LogP) is 3.96. The van der Waals surface area contributed by atoms with E-state index in [2.05, 4.69) is 5.10 Å². The summed E-state index contributed by atoms with van der Waals surface area (Å²) >= 11 is 12.0. The van der Waals surface area contributed by atoms with E-state index in [4.69, 9.17) is 27.9 Å². The standard InChI is InChI=1S/C18H19Cl2N3O2/c19-12-2-5-17(16(20)8-12)25-11-18(24)23-13-3-4-14(23)10-15(9-13)22-7-1-6-21-22/h1-2,5-8,13-15H,3-4,9-11H2. The van der Waals surface area contributed by atoms with Gasteiger partial charge in [0.05, 0.1) is 11.1 Å². The summed E-state index contributed by atoms with van der Waals surface area (Å²) in [5.74, 6) is 0.510. The van der Waals surface area contributed by atoms with Crippen molar-refractivity contribution in [2.45, 2.75) is 43.8 Å². The van der Waals surface area contributed by atoms with Crippen LogP contribution in [0.2, 0.25) is 10.0 Å². The third-order valence-corrected chi connectivity index (χ3v) is 5.67. The van der Waals surface area contributed by atoms with E-state index in [1.165, 1.54) is 0 Å². The molecule has 0 saturated carbocycles. The van der Waals surface area contributed by atoms with Crippen molar-refractivity contribution in [2.24, 2.45) is 0 Å². The summed E-state index contributed by atoms with van der Waals surface area (Å²) in [7, 11) is 0. The minimum absolute atomic E-state index is 0.000783. The average molecular weight is 380 g/mol. The number of hydrogen-bond acceptors (Lipinski definition) is 3. The predicted molar refractivity (Wildman–Crippen MR) is 96.1 cm³/mol. The molecule has 0 radical (unpaired) electrons. The minimum Gasteiger partial charge on any atom is -0.482 e. The van der Waals surface area contributed by atoms with Crippen molar-refractivity contribution in [3.8, 4) is 5.75 Å². The zero-order chi connectivity index (χ0) is 17.4. The van der Waals surface area contributed by atoms with E-state index in [1.54, 1.807) is 18.2 Å². The molecule has 2 fully saturated rings. The van der Waals surface area contributed by atoms with Gasteiger partial charge in [-0.2, -0.15) is 5.10 Å². The smallest absolute Gasteiger partial charge is 0.261 e. The van der Waals surface area contributed by atoms with Crippen LogP contribution in [0.3, 0.4) is 0 Å². The molecule has 3 heterocycles. The van der Waals surface area contributed by atoms with Crippen molar-refractivity contribution in [3.05, 3.63) is 46.7 Å². The van der Waals surface area contributed by atoms with Gasteiger partial charge < -0.3 is 9.64 Å². The van der Waals surface area contributed by atoms with Gasteiger partial charge in [-0.3, -0.25) is 9.48 Å². The van der Waals surface area contributed by atoms with Crippen molar-refractivity contribution in [3.63, 3.8) is 0 Å². The lowest BCUT2D eigenvalue weighted by atomic mass is 9.97. The highest BCUT2D eigenvalue weighted by molar-refractivity contribution is 6.35. The third-order valence-electron chi connectivity index (χ3n) is 5.14. The molecule has 25 heavy (non-hydrogen) atoms. The first-order valence-corrected chi connectivity index (χ1v) is 9.25. The highest BCUT2D eigenvalue weighted by Crippen LogP contribution is 2.40. The number of piperidine rings is 1. The minimum atomic E-state index is 0.000783. The fourth-order valence-corrected chi connectivity index (χ4v) is 4.54. The molecule has 132 valence electrons. The molecular formula is C18H19Cl2N3O2. The number of amides is 1. The van der Waals surface area contributed by atoms with E-state index in [0.717, 1.165) is 25.7 Å². The molecule has 1 aromatic heterocycles. The third kappa shape index (κ3) is 3.35. The van der Waals surface area contributed by atoms with Crippen LogP contribution in [0.1, 0.15) is 31.7 Å². The van der Waals surface area contributed by atoms with Gasteiger partial charge in [0.2, 0.25) is 0 Å². The van der Waals surface area contributed by atoms with Gasteiger partial charge >= 0.3 is 0 Å². The van der Waals surface area contributed by atoms with Gasteiger partial charge in [0.15, 0.2) is 6.61 Å². The molecule has 5 nitrogen and oxygen atoms in total. The summed E-state index contributed by atoms with van der Waals surface area (Å²) in [6.45, 7) is 0.000783. The van der Waals surface area contributed by atoms with Crippen LogP contribution >= 0.6 is 23.2 Å². The molecule has 0 N–H and O–H groups in total. The topological polar surface area (TPSA) is 47.4 Å². The lowest BCUT2D eigenvalue weighted by Gasteiger charge is -2.39. The monoisotopic (exact) mass is 379 g/mol. The van der Waals surface area contributed by atoms with Crippen LogP contribution in [0.25, 0.3) is 0 Å². The Balaban J connectivity index is 1.40. The number of aromatic nitrogens is 2. The summed E-state index contributed by atoms with van der Waals surface area (Å²) in [6, 6.07) is 7.87. The molecule has 2 aliphatic rings. The number of nitrogens with zero attached hydrogens (tertiary/aromatic N) is 3. The zero-order valence-corrected chi connectivity index (χ0v) is 15.2. The summed E-state index contributed by atoms with van der Waals surface area (Å²) < 4.78 is 7.66. The molecule has 2 unspecified atom stereocenters. The number of fused-ring (bicyclic) bond motifs is 2. The van der Waals surface area contributed by atoms with Crippen LogP contribution in [0.4, 0.5) is 0 Å². The Labute approximate surface area is 156 Å². The molecule has 2 bridgehead atoms. The summed E-state index contributed by atoms with van der Waals surface area (Å²) in [4.78, 5) is 14.7. The fourth-order valence-electron chi connectivity index (χ4n) is 4.07. The van der Waals surface area contributed by atoms with Gasteiger partial charge in [-0.25, -0.2) is 0 Å². The maximum Gasteiger partial charge on any atom is 0.261 e. The molecule has 1 aromatic carbocycles. The van der Waals surface area contributed by atoms with Crippen LogP contribution in [-0.4, -0.2) is 39.3 Å². The number of benzene rings is 1. The van der Waals surface area contributed by atoms with E-state index < -0.39 is 0 Å². The Morgan fingerprint density at radius 1 is 1.20 bits per heavy atom. The van der Waals surface area contributed by atoms with Crippen LogP contribution in [0.15, 0.2) is 36.7 Å². The van der Waals surface area contributed by atoms with Crippen LogP contribution < -0.4 is 4.74 Å². The van der Waals surface area contributed by atoms with Gasteiger partial charge in [0, 0.05) is 29.5 Å². The largest absolute Gasteiger partial charge is 0.482 e. The van der Waals surface area contributed by atoms with Crippen molar-refractivity contribution < 1.29 is 9.53 Å². The normalized spacial score (nSPS) is 25.2. The summed E-state index contributed by atoms with van der Waals surface area (Å²) in [5.41, 5.74) is 0. The Morgan fingerprint density at radius 2 is 1.96 bits per heavy atom. The van der Waals surface area contributed by atoms with Gasteiger partial charge in [0.1, 0.15) is 5.75 Å². The van der Waals surface area contributed by atoms with E-state index >= 15 is 0 Å². The van der Waals surface area contributed by atoms with E-state index in [9.17, 15) is 4.79 Å².